The minimum absolute atomic E-state index is 0.0316. The van der Waals surface area contributed by atoms with Gasteiger partial charge in [-0.15, -0.1) is 0 Å². The Bertz CT molecular complexity index is 1030. The van der Waals surface area contributed by atoms with Crippen molar-refractivity contribution in [3.8, 4) is 0 Å². The lowest BCUT2D eigenvalue weighted by Crippen LogP contribution is -2.75. The molecule has 29 heavy (non-hydrogen) atoms. The summed E-state index contributed by atoms with van der Waals surface area (Å²) < 4.78 is 19.5. The Labute approximate surface area is 168 Å². The number of hydrogen-bond acceptors (Lipinski definition) is 6. The number of fused-ring (bicyclic) bond motifs is 2. The standard InChI is InChI=1S/C23H23NO5/c1-12-20-5-2-6-24-15-4-3-13-8-19(26)29-22(13,10-15)23(20,24)27-17-11-21(12)14(7-16(17)20)9-18(25)28-21/h3-4,8-9,12,15-17H,2,5-7,10-11H2,1H3/t12?,15-,16+,17-,20+,21+,22+,23-/m0/s1. The van der Waals surface area contributed by atoms with Gasteiger partial charge >= 0.3 is 11.9 Å². The monoisotopic (exact) mass is 393 g/mol. The maximum Gasteiger partial charge on any atom is 0.332 e. The molecule has 5 aliphatic heterocycles. The molecule has 0 amide bonds. The number of ether oxygens (including phenoxy) is 3. The molecule has 0 aromatic rings. The molecule has 9 rings (SSSR count). The van der Waals surface area contributed by atoms with Crippen molar-refractivity contribution >= 4 is 11.9 Å². The maximum absolute atomic E-state index is 12.5. The van der Waals surface area contributed by atoms with Gasteiger partial charge in [0.05, 0.1) is 6.10 Å². The van der Waals surface area contributed by atoms with E-state index in [0.717, 1.165) is 49.8 Å². The summed E-state index contributed by atoms with van der Waals surface area (Å²) in [4.78, 5) is 27.4. The zero-order valence-corrected chi connectivity index (χ0v) is 16.3. The van der Waals surface area contributed by atoms with E-state index in [-0.39, 0.29) is 35.4 Å². The average molecular weight is 393 g/mol. The minimum Gasteiger partial charge on any atom is -0.451 e. The lowest BCUT2D eigenvalue weighted by atomic mass is 9.42. The van der Waals surface area contributed by atoms with E-state index in [9.17, 15) is 9.59 Å². The van der Waals surface area contributed by atoms with Crippen LogP contribution < -0.4 is 0 Å². The Morgan fingerprint density at radius 2 is 2.00 bits per heavy atom. The zero-order chi connectivity index (χ0) is 19.4. The number of rotatable bonds is 0. The van der Waals surface area contributed by atoms with Gasteiger partial charge in [-0.25, -0.2) is 9.59 Å². The van der Waals surface area contributed by atoms with Gasteiger partial charge in [0.1, 0.15) is 5.60 Å². The van der Waals surface area contributed by atoms with Crippen LogP contribution in [0.1, 0.15) is 39.0 Å². The van der Waals surface area contributed by atoms with Crippen LogP contribution in [0.5, 0.6) is 0 Å². The van der Waals surface area contributed by atoms with Crippen LogP contribution in [0.3, 0.4) is 0 Å². The largest absolute Gasteiger partial charge is 0.451 e. The third-order valence-corrected chi connectivity index (χ3v) is 9.95. The highest BCUT2D eigenvalue weighted by molar-refractivity contribution is 5.89. The van der Waals surface area contributed by atoms with Gasteiger partial charge in [-0.1, -0.05) is 19.1 Å². The fraction of sp³-hybridized carbons (Fsp3) is 0.652. The SMILES string of the molecule is CC1[C@]23C[C@@H]4O[C@@]56N(CCC[C@]15[C@@H]4CC2=CC(=O)O3)[C@H]1C=CC2=CC(=O)O[C@]26C1. The first kappa shape index (κ1) is 15.9. The molecule has 6 fully saturated rings. The fourth-order valence-corrected chi connectivity index (χ4v) is 9.29. The number of hydrogen-bond donors (Lipinski definition) is 0. The fourth-order valence-electron chi connectivity index (χ4n) is 9.29. The summed E-state index contributed by atoms with van der Waals surface area (Å²) in [5, 5.41) is 0. The molecule has 0 aromatic carbocycles. The highest BCUT2D eigenvalue weighted by Crippen LogP contribution is 2.79. The number of carbonyl (C=O) groups is 2. The molecular weight excluding hydrogens is 370 g/mol. The molecule has 3 saturated heterocycles. The molecule has 0 N–H and O–H groups in total. The second-order valence-corrected chi connectivity index (χ2v) is 10.3. The van der Waals surface area contributed by atoms with E-state index in [0.29, 0.717) is 5.92 Å². The first-order valence-electron chi connectivity index (χ1n) is 11.0. The second-order valence-electron chi connectivity index (χ2n) is 10.3. The molecule has 0 aromatic heterocycles. The van der Waals surface area contributed by atoms with Gasteiger partial charge < -0.3 is 14.2 Å². The highest BCUT2D eigenvalue weighted by Gasteiger charge is 2.88. The summed E-state index contributed by atoms with van der Waals surface area (Å²) >= 11 is 0. The van der Waals surface area contributed by atoms with Crippen molar-refractivity contribution in [2.75, 3.05) is 6.54 Å². The predicted octanol–water partition coefficient (Wildman–Crippen LogP) is 2.01. The number of carbonyl (C=O) groups excluding carboxylic acids is 2. The van der Waals surface area contributed by atoms with E-state index < -0.39 is 16.9 Å². The van der Waals surface area contributed by atoms with Gasteiger partial charge in [0.2, 0.25) is 0 Å². The Hall–Kier alpha value is -1.92. The van der Waals surface area contributed by atoms with Crippen LogP contribution in [0.15, 0.2) is 35.5 Å². The molecule has 1 unspecified atom stereocenters. The van der Waals surface area contributed by atoms with Crippen LogP contribution in [0.2, 0.25) is 0 Å². The Morgan fingerprint density at radius 1 is 1.14 bits per heavy atom. The summed E-state index contributed by atoms with van der Waals surface area (Å²) in [6, 6.07) is 0.221. The minimum atomic E-state index is -0.736. The molecule has 6 bridgehead atoms. The smallest absolute Gasteiger partial charge is 0.332 e. The Morgan fingerprint density at radius 3 is 2.90 bits per heavy atom. The van der Waals surface area contributed by atoms with Gasteiger partial charge in [0, 0.05) is 54.5 Å². The zero-order valence-electron chi connectivity index (χ0n) is 16.3. The average Bonchev–Trinajstić information content (AvgIpc) is 3.34. The van der Waals surface area contributed by atoms with E-state index >= 15 is 0 Å². The van der Waals surface area contributed by atoms with E-state index in [1.165, 1.54) is 0 Å². The molecule has 4 aliphatic carbocycles. The molecule has 0 radical (unpaired) electrons. The van der Waals surface area contributed by atoms with Crippen molar-refractivity contribution in [2.24, 2.45) is 17.3 Å². The summed E-state index contributed by atoms with van der Waals surface area (Å²) in [5.74, 6) is 0.000388. The lowest BCUT2D eigenvalue weighted by Gasteiger charge is -2.65. The van der Waals surface area contributed by atoms with Crippen molar-refractivity contribution in [1.29, 1.82) is 0 Å². The molecule has 150 valence electrons. The summed E-state index contributed by atoms with van der Waals surface area (Å²) in [6.45, 7) is 3.21. The van der Waals surface area contributed by atoms with Crippen LogP contribution in [0.4, 0.5) is 0 Å². The van der Waals surface area contributed by atoms with Crippen molar-refractivity contribution in [2.45, 2.75) is 68.1 Å². The first-order chi connectivity index (χ1) is 14.0. The van der Waals surface area contributed by atoms with Crippen molar-refractivity contribution in [3.63, 3.8) is 0 Å². The summed E-state index contributed by atoms with van der Waals surface area (Å²) in [5.41, 5.74) is -0.00843. The third-order valence-electron chi connectivity index (χ3n) is 9.95. The first-order valence-corrected chi connectivity index (χ1v) is 11.0. The van der Waals surface area contributed by atoms with Gasteiger partial charge in [0.25, 0.3) is 0 Å². The van der Waals surface area contributed by atoms with Crippen LogP contribution in [-0.2, 0) is 23.8 Å². The van der Waals surface area contributed by atoms with E-state index in [1.54, 1.807) is 12.2 Å². The molecule has 3 saturated carbocycles. The van der Waals surface area contributed by atoms with E-state index in [2.05, 4.69) is 24.0 Å². The summed E-state index contributed by atoms with van der Waals surface area (Å²) in [6.07, 6.45) is 12.2. The van der Waals surface area contributed by atoms with Gasteiger partial charge in [-0.05, 0) is 30.8 Å². The van der Waals surface area contributed by atoms with Crippen LogP contribution in [-0.4, -0.2) is 52.5 Å². The molecule has 6 heteroatoms. The Kier molecular flexibility index (Phi) is 2.33. The number of esters is 2. The molecule has 8 atom stereocenters. The Balaban J connectivity index is 1.43. The number of piperidine rings is 1. The van der Waals surface area contributed by atoms with Gasteiger partial charge in [-0.2, -0.15) is 0 Å². The normalized spacial score (nSPS) is 57.6. The van der Waals surface area contributed by atoms with E-state index in [4.69, 9.17) is 14.2 Å². The lowest BCUT2D eigenvalue weighted by molar-refractivity contribution is -0.274. The van der Waals surface area contributed by atoms with Gasteiger partial charge in [-0.3, -0.25) is 4.90 Å². The molecule has 4 spiro atoms. The highest BCUT2D eigenvalue weighted by atomic mass is 16.6. The summed E-state index contributed by atoms with van der Waals surface area (Å²) in [7, 11) is 0. The maximum atomic E-state index is 12.5. The van der Waals surface area contributed by atoms with Crippen molar-refractivity contribution in [1.82, 2.24) is 4.90 Å². The molecule has 5 heterocycles. The van der Waals surface area contributed by atoms with Crippen molar-refractivity contribution < 1.29 is 23.8 Å². The molecule has 9 aliphatic rings. The third kappa shape index (κ3) is 1.27. The van der Waals surface area contributed by atoms with Crippen LogP contribution >= 0.6 is 0 Å². The quantitative estimate of drug-likeness (QED) is 0.587. The molecular formula is C23H23NO5. The van der Waals surface area contributed by atoms with Gasteiger partial charge in [0.15, 0.2) is 11.3 Å². The molecule has 6 nitrogen and oxygen atoms in total. The topological polar surface area (TPSA) is 65.1 Å². The second kappa shape index (κ2) is 4.26. The van der Waals surface area contributed by atoms with Crippen LogP contribution in [0.25, 0.3) is 0 Å². The van der Waals surface area contributed by atoms with Crippen LogP contribution in [0, 0.1) is 17.3 Å². The van der Waals surface area contributed by atoms with Crippen molar-refractivity contribution in [3.05, 3.63) is 35.5 Å². The predicted molar refractivity (Wildman–Crippen MR) is 99.2 cm³/mol. The van der Waals surface area contributed by atoms with E-state index in [1.807, 2.05) is 0 Å². The number of nitrogens with zero attached hydrogens (tertiary/aromatic N) is 1.